The number of nitrogens with one attached hydrogen (secondary N) is 1. The molecule has 1 N–H and O–H groups in total. The zero-order valence-electron chi connectivity index (χ0n) is 11.9. The Morgan fingerprint density at radius 1 is 1.24 bits per heavy atom. The summed E-state index contributed by atoms with van der Waals surface area (Å²) in [6.07, 6.45) is 5.28. The lowest BCUT2D eigenvalue weighted by atomic mass is 10.2. The summed E-state index contributed by atoms with van der Waals surface area (Å²) in [6.45, 7) is 0. The second kappa shape index (κ2) is 6.44. The molecule has 0 unspecified atom stereocenters. The van der Waals surface area contributed by atoms with Crippen molar-refractivity contribution in [3.8, 4) is 11.8 Å². The van der Waals surface area contributed by atoms with E-state index < -0.39 is 5.91 Å². The largest absolute Gasteiger partial charge is 0.382 e. The van der Waals surface area contributed by atoms with Gasteiger partial charge in [0.25, 0.3) is 5.91 Å². The predicted molar refractivity (Wildman–Crippen MR) is 81.8 cm³/mol. The van der Waals surface area contributed by atoms with E-state index in [1.807, 2.05) is 53.4 Å². The number of hydrogen-bond donors (Lipinski definition) is 1. The highest BCUT2D eigenvalue weighted by atomic mass is 16.1. The lowest BCUT2D eigenvalue weighted by Gasteiger charge is -2.12. The molecule has 1 heterocycles. The van der Waals surface area contributed by atoms with Crippen LogP contribution in [-0.4, -0.2) is 29.5 Å². The Morgan fingerprint density at radius 2 is 1.90 bits per heavy atom. The van der Waals surface area contributed by atoms with E-state index in [0.717, 1.165) is 5.69 Å². The number of hydrogen-bond acceptors (Lipinski definition) is 3. The maximum atomic E-state index is 12.2. The van der Waals surface area contributed by atoms with Gasteiger partial charge in [-0.2, -0.15) is 5.26 Å². The number of aromatic nitrogens is 1. The molecular formula is C16H16N4O. The third kappa shape index (κ3) is 3.51. The number of nitrogens with zero attached hydrogens (tertiary/aromatic N) is 3. The van der Waals surface area contributed by atoms with Crippen molar-refractivity contribution in [1.29, 1.82) is 5.26 Å². The molecule has 2 aromatic rings. The number of para-hydroxylation sites is 2. The SMILES string of the molecule is CN(C)C=C(C#N)C(=O)Nc1ccccc1-n1cccc1. The summed E-state index contributed by atoms with van der Waals surface area (Å²) in [7, 11) is 3.52. The molecule has 5 nitrogen and oxygen atoms in total. The van der Waals surface area contributed by atoms with Crippen LogP contribution in [0.4, 0.5) is 5.69 Å². The van der Waals surface area contributed by atoms with Gasteiger partial charge in [0, 0.05) is 32.7 Å². The van der Waals surface area contributed by atoms with Crippen LogP contribution >= 0.6 is 0 Å². The van der Waals surface area contributed by atoms with Crippen molar-refractivity contribution in [2.24, 2.45) is 0 Å². The second-order valence-electron chi connectivity index (χ2n) is 4.68. The third-order valence-corrected chi connectivity index (χ3v) is 2.79. The van der Waals surface area contributed by atoms with Crippen LogP contribution in [0.2, 0.25) is 0 Å². The maximum absolute atomic E-state index is 12.2. The molecule has 0 fully saturated rings. The molecule has 1 amide bonds. The first-order valence-electron chi connectivity index (χ1n) is 6.44. The molecule has 0 aliphatic heterocycles. The lowest BCUT2D eigenvalue weighted by molar-refractivity contribution is -0.112. The maximum Gasteiger partial charge on any atom is 0.267 e. The predicted octanol–water partition coefficient (Wildman–Crippen LogP) is 2.38. The van der Waals surface area contributed by atoms with Gasteiger partial charge < -0.3 is 14.8 Å². The summed E-state index contributed by atoms with van der Waals surface area (Å²) in [5.41, 5.74) is 1.55. The zero-order chi connectivity index (χ0) is 15.2. The fourth-order valence-corrected chi connectivity index (χ4v) is 1.89. The molecule has 0 radical (unpaired) electrons. The molecule has 1 aromatic heterocycles. The van der Waals surface area contributed by atoms with Gasteiger partial charge in [-0.05, 0) is 24.3 Å². The van der Waals surface area contributed by atoms with Crippen LogP contribution in [-0.2, 0) is 4.79 Å². The van der Waals surface area contributed by atoms with E-state index in [2.05, 4.69) is 5.32 Å². The van der Waals surface area contributed by atoms with Gasteiger partial charge in [-0.1, -0.05) is 12.1 Å². The number of amides is 1. The Kier molecular flexibility index (Phi) is 4.42. The third-order valence-electron chi connectivity index (χ3n) is 2.79. The molecule has 0 bridgehead atoms. The van der Waals surface area contributed by atoms with Gasteiger partial charge in [0.05, 0.1) is 11.4 Å². The molecule has 0 atom stereocenters. The number of carbonyl (C=O) groups is 1. The van der Waals surface area contributed by atoms with E-state index in [1.54, 1.807) is 25.1 Å². The normalized spacial score (nSPS) is 10.8. The molecule has 106 valence electrons. The number of benzene rings is 1. The second-order valence-corrected chi connectivity index (χ2v) is 4.68. The molecule has 0 aliphatic carbocycles. The highest BCUT2D eigenvalue weighted by molar-refractivity contribution is 6.07. The van der Waals surface area contributed by atoms with Crippen LogP contribution in [0.3, 0.4) is 0 Å². The minimum absolute atomic E-state index is 0.0577. The van der Waals surface area contributed by atoms with Crippen LogP contribution < -0.4 is 5.32 Å². The first-order chi connectivity index (χ1) is 10.1. The lowest BCUT2D eigenvalue weighted by Crippen LogP contribution is -2.17. The van der Waals surface area contributed by atoms with E-state index in [1.165, 1.54) is 6.20 Å². The highest BCUT2D eigenvalue weighted by Crippen LogP contribution is 2.20. The highest BCUT2D eigenvalue weighted by Gasteiger charge is 2.12. The van der Waals surface area contributed by atoms with Gasteiger partial charge in [-0.3, -0.25) is 4.79 Å². The fraction of sp³-hybridized carbons (Fsp3) is 0.125. The monoisotopic (exact) mass is 280 g/mol. The summed E-state index contributed by atoms with van der Waals surface area (Å²) in [4.78, 5) is 13.8. The Bertz CT molecular complexity index is 693. The van der Waals surface area contributed by atoms with Crippen molar-refractivity contribution in [2.75, 3.05) is 19.4 Å². The molecule has 2 rings (SSSR count). The van der Waals surface area contributed by atoms with Crippen molar-refractivity contribution >= 4 is 11.6 Å². The first kappa shape index (κ1) is 14.4. The number of carbonyl (C=O) groups excluding carboxylic acids is 1. The summed E-state index contributed by atoms with van der Waals surface area (Å²) < 4.78 is 1.90. The Balaban J connectivity index is 2.29. The van der Waals surface area contributed by atoms with Gasteiger partial charge in [0.2, 0.25) is 0 Å². The van der Waals surface area contributed by atoms with Crippen LogP contribution in [0.1, 0.15) is 0 Å². The van der Waals surface area contributed by atoms with Crippen molar-refractivity contribution in [2.45, 2.75) is 0 Å². The number of nitriles is 1. The van der Waals surface area contributed by atoms with E-state index >= 15 is 0 Å². The average Bonchev–Trinajstić information content (AvgIpc) is 2.99. The summed E-state index contributed by atoms with van der Waals surface area (Å²) in [6, 6.07) is 13.2. The molecule has 21 heavy (non-hydrogen) atoms. The fourth-order valence-electron chi connectivity index (χ4n) is 1.89. The Labute approximate surface area is 123 Å². The number of rotatable bonds is 4. The quantitative estimate of drug-likeness (QED) is 0.691. The van der Waals surface area contributed by atoms with Crippen LogP contribution in [0, 0.1) is 11.3 Å². The summed E-state index contributed by atoms with van der Waals surface area (Å²) >= 11 is 0. The smallest absolute Gasteiger partial charge is 0.267 e. The number of anilines is 1. The van der Waals surface area contributed by atoms with Crippen molar-refractivity contribution in [3.63, 3.8) is 0 Å². The van der Waals surface area contributed by atoms with E-state index in [0.29, 0.717) is 5.69 Å². The molecule has 1 aromatic carbocycles. The standard InChI is InChI=1S/C16H16N4O/c1-19(2)12-13(11-17)16(21)18-14-7-3-4-8-15(14)20-9-5-6-10-20/h3-10,12H,1-2H3,(H,18,21). The summed E-state index contributed by atoms with van der Waals surface area (Å²) in [5.74, 6) is -0.425. The minimum Gasteiger partial charge on any atom is -0.382 e. The summed E-state index contributed by atoms with van der Waals surface area (Å²) in [5, 5.41) is 11.8. The van der Waals surface area contributed by atoms with Gasteiger partial charge in [0.1, 0.15) is 11.6 Å². The van der Waals surface area contributed by atoms with Crippen LogP contribution in [0.25, 0.3) is 5.69 Å². The molecule has 0 saturated heterocycles. The van der Waals surface area contributed by atoms with E-state index in [4.69, 9.17) is 5.26 Å². The van der Waals surface area contributed by atoms with Gasteiger partial charge in [-0.15, -0.1) is 0 Å². The van der Waals surface area contributed by atoms with E-state index in [9.17, 15) is 4.79 Å². The average molecular weight is 280 g/mol. The molecule has 0 aliphatic rings. The molecule has 0 spiro atoms. The molecule has 0 saturated carbocycles. The molecular weight excluding hydrogens is 264 g/mol. The van der Waals surface area contributed by atoms with Crippen molar-refractivity contribution < 1.29 is 4.79 Å². The van der Waals surface area contributed by atoms with E-state index in [-0.39, 0.29) is 5.57 Å². The Morgan fingerprint density at radius 3 is 2.52 bits per heavy atom. The minimum atomic E-state index is -0.425. The van der Waals surface area contributed by atoms with Crippen LogP contribution in [0.5, 0.6) is 0 Å². The van der Waals surface area contributed by atoms with Gasteiger partial charge in [0.15, 0.2) is 0 Å². The van der Waals surface area contributed by atoms with Gasteiger partial charge >= 0.3 is 0 Å². The Hall–Kier alpha value is -3.00. The first-order valence-corrected chi connectivity index (χ1v) is 6.44. The van der Waals surface area contributed by atoms with Gasteiger partial charge in [-0.25, -0.2) is 0 Å². The topological polar surface area (TPSA) is 61.1 Å². The zero-order valence-corrected chi connectivity index (χ0v) is 11.9. The van der Waals surface area contributed by atoms with Crippen molar-refractivity contribution in [1.82, 2.24) is 9.47 Å². The van der Waals surface area contributed by atoms with Crippen molar-refractivity contribution in [3.05, 3.63) is 60.6 Å². The molecule has 5 heteroatoms. The van der Waals surface area contributed by atoms with Crippen LogP contribution in [0.15, 0.2) is 60.6 Å².